The number of carbonyl (C=O) groups excluding carboxylic acids is 4. The Kier molecular flexibility index (Phi) is 20.9. The molecule has 1 rings (SSSR count). The van der Waals surface area contributed by atoms with Crippen LogP contribution in [0.4, 0.5) is 22.7 Å². The molecule has 8 nitrogen and oxygen atoms in total. The van der Waals surface area contributed by atoms with E-state index in [0.717, 1.165) is 103 Å². The minimum atomic E-state index is -0.144. The number of nitrogens with one attached hydrogen (secondary N) is 4. The maximum Gasteiger partial charge on any atom is 0.224 e. The third-order valence-electron chi connectivity index (χ3n) is 7.28. The molecule has 0 bridgehead atoms. The zero-order valence-corrected chi connectivity index (χ0v) is 26.9. The van der Waals surface area contributed by atoms with Crippen LogP contribution >= 0.6 is 0 Å². The summed E-state index contributed by atoms with van der Waals surface area (Å²) < 4.78 is 0. The molecule has 0 fully saturated rings. The second kappa shape index (κ2) is 23.6. The second-order valence-electron chi connectivity index (χ2n) is 11.4. The predicted molar refractivity (Wildman–Crippen MR) is 176 cm³/mol. The van der Waals surface area contributed by atoms with Crippen LogP contribution in [0.5, 0.6) is 0 Å². The van der Waals surface area contributed by atoms with E-state index in [1.807, 2.05) is 0 Å². The molecule has 4 N–H and O–H groups in total. The van der Waals surface area contributed by atoms with E-state index in [1.165, 1.54) is 0 Å². The zero-order chi connectivity index (χ0) is 31.0. The lowest BCUT2D eigenvalue weighted by Gasteiger charge is -2.19. The first kappa shape index (κ1) is 37.1. The maximum atomic E-state index is 12.8. The summed E-state index contributed by atoms with van der Waals surface area (Å²) in [6.07, 6.45) is 17.2. The fourth-order valence-corrected chi connectivity index (χ4v) is 4.71. The molecule has 42 heavy (non-hydrogen) atoms. The van der Waals surface area contributed by atoms with E-state index in [9.17, 15) is 19.2 Å². The van der Waals surface area contributed by atoms with Crippen LogP contribution < -0.4 is 21.3 Å². The molecule has 0 aromatic heterocycles. The summed E-state index contributed by atoms with van der Waals surface area (Å²) in [6.45, 7) is 8.51. The van der Waals surface area contributed by atoms with E-state index in [4.69, 9.17) is 0 Å². The molecule has 0 aliphatic carbocycles. The normalized spacial score (nSPS) is 10.8. The van der Waals surface area contributed by atoms with Crippen molar-refractivity contribution < 1.29 is 19.2 Å². The Morgan fingerprint density at radius 2 is 0.595 bits per heavy atom. The summed E-state index contributed by atoms with van der Waals surface area (Å²) in [5.41, 5.74) is 1.67. The van der Waals surface area contributed by atoms with Gasteiger partial charge in [-0.1, -0.05) is 105 Å². The first-order valence-corrected chi connectivity index (χ1v) is 16.7. The van der Waals surface area contributed by atoms with Crippen molar-refractivity contribution >= 4 is 46.4 Å². The summed E-state index contributed by atoms with van der Waals surface area (Å²) >= 11 is 0. The smallest absolute Gasteiger partial charge is 0.224 e. The number of hydrogen-bond donors (Lipinski definition) is 4. The molecule has 8 heteroatoms. The van der Waals surface area contributed by atoms with E-state index in [1.54, 1.807) is 12.1 Å². The molecule has 4 amide bonds. The fourth-order valence-electron chi connectivity index (χ4n) is 4.71. The number of amides is 4. The quantitative estimate of drug-likeness (QED) is 0.0903. The second-order valence-corrected chi connectivity index (χ2v) is 11.4. The number of benzene rings is 1. The molecule has 0 saturated heterocycles. The fraction of sp³-hybridized carbons (Fsp3) is 0.706. The molecule has 0 aliphatic heterocycles. The molecule has 0 radical (unpaired) electrons. The van der Waals surface area contributed by atoms with Crippen molar-refractivity contribution in [3.05, 3.63) is 12.1 Å². The Balaban J connectivity index is 3.24. The summed E-state index contributed by atoms with van der Waals surface area (Å²) in [7, 11) is 0. The van der Waals surface area contributed by atoms with E-state index < -0.39 is 0 Å². The SMILES string of the molecule is CCCCCCC(=O)Nc1cc(NC(=O)CCCCCC)c(NC(=O)CCCCCC)cc1NC(=O)CCCCCC. The standard InChI is InChI=1S/C34H58N4O4/c1-5-9-13-17-21-31(39)35-27-25-29(37-33(41)23-19-15-11-7-3)30(38-34(42)24-20-16-12-8-4)26-28(27)36-32(40)22-18-14-10-6-2/h25-26H,5-24H2,1-4H3,(H,35,39)(H,36,40)(H,37,41)(H,38,42). The van der Waals surface area contributed by atoms with Gasteiger partial charge in [0.15, 0.2) is 0 Å². The van der Waals surface area contributed by atoms with Crippen molar-refractivity contribution in [2.24, 2.45) is 0 Å². The number of carbonyl (C=O) groups is 4. The van der Waals surface area contributed by atoms with Crippen LogP contribution in [-0.4, -0.2) is 23.6 Å². The van der Waals surface area contributed by atoms with Crippen molar-refractivity contribution in [1.82, 2.24) is 0 Å². The van der Waals surface area contributed by atoms with Gasteiger partial charge in [0.1, 0.15) is 0 Å². The largest absolute Gasteiger partial charge is 0.324 e. The third-order valence-corrected chi connectivity index (χ3v) is 7.28. The molecular formula is C34H58N4O4. The molecule has 0 spiro atoms. The van der Waals surface area contributed by atoms with Gasteiger partial charge in [0.2, 0.25) is 23.6 Å². The summed E-state index contributed by atoms with van der Waals surface area (Å²) in [4.78, 5) is 51.4. The average Bonchev–Trinajstić information content (AvgIpc) is 2.96. The lowest BCUT2D eigenvalue weighted by Crippen LogP contribution is -2.20. The van der Waals surface area contributed by atoms with Crippen molar-refractivity contribution in [1.29, 1.82) is 0 Å². The Labute approximate surface area is 254 Å². The van der Waals surface area contributed by atoms with Crippen LogP contribution in [0.2, 0.25) is 0 Å². The van der Waals surface area contributed by atoms with E-state index in [-0.39, 0.29) is 23.6 Å². The van der Waals surface area contributed by atoms with Crippen molar-refractivity contribution in [2.45, 2.75) is 156 Å². The molecule has 0 atom stereocenters. The molecule has 238 valence electrons. The van der Waals surface area contributed by atoms with Gasteiger partial charge in [-0.3, -0.25) is 19.2 Å². The number of rotatable bonds is 24. The number of anilines is 4. The predicted octanol–water partition coefficient (Wildman–Crippen LogP) is 9.32. The van der Waals surface area contributed by atoms with Crippen LogP contribution in [0.15, 0.2) is 12.1 Å². The Morgan fingerprint density at radius 3 is 0.786 bits per heavy atom. The van der Waals surface area contributed by atoms with Crippen LogP contribution in [-0.2, 0) is 19.2 Å². The summed E-state index contributed by atoms with van der Waals surface area (Å²) in [6, 6.07) is 3.32. The van der Waals surface area contributed by atoms with Gasteiger partial charge in [0.25, 0.3) is 0 Å². The lowest BCUT2D eigenvalue weighted by atomic mass is 10.1. The molecule has 0 heterocycles. The van der Waals surface area contributed by atoms with Crippen LogP contribution in [0, 0.1) is 0 Å². The Bertz CT molecular complexity index is 801. The number of unbranched alkanes of at least 4 members (excludes halogenated alkanes) is 12. The van der Waals surface area contributed by atoms with Crippen molar-refractivity contribution in [3.8, 4) is 0 Å². The minimum absolute atomic E-state index is 0.144. The lowest BCUT2D eigenvalue weighted by molar-refractivity contribution is -0.117. The van der Waals surface area contributed by atoms with Gasteiger partial charge in [-0.05, 0) is 37.8 Å². The van der Waals surface area contributed by atoms with Gasteiger partial charge in [-0.2, -0.15) is 0 Å². The Morgan fingerprint density at radius 1 is 0.381 bits per heavy atom. The highest BCUT2D eigenvalue weighted by Gasteiger charge is 2.18. The molecule has 0 unspecified atom stereocenters. The van der Waals surface area contributed by atoms with Gasteiger partial charge in [0, 0.05) is 25.7 Å². The molecule has 0 saturated carbocycles. The van der Waals surface area contributed by atoms with Crippen LogP contribution in [0.3, 0.4) is 0 Å². The summed E-state index contributed by atoms with van der Waals surface area (Å²) in [5, 5.41) is 11.8. The topological polar surface area (TPSA) is 116 Å². The molecule has 1 aromatic carbocycles. The molecule has 0 aliphatic rings. The van der Waals surface area contributed by atoms with E-state index in [2.05, 4.69) is 49.0 Å². The van der Waals surface area contributed by atoms with Gasteiger partial charge >= 0.3 is 0 Å². The van der Waals surface area contributed by atoms with Crippen LogP contribution in [0.1, 0.15) is 156 Å². The van der Waals surface area contributed by atoms with Crippen LogP contribution in [0.25, 0.3) is 0 Å². The molecule has 1 aromatic rings. The summed E-state index contributed by atoms with van der Waals surface area (Å²) in [5.74, 6) is -0.577. The Hall–Kier alpha value is -2.90. The van der Waals surface area contributed by atoms with Gasteiger partial charge in [-0.15, -0.1) is 0 Å². The van der Waals surface area contributed by atoms with E-state index >= 15 is 0 Å². The zero-order valence-electron chi connectivity index (χ0n) is 26.9. The first-order valence-electron chi connectivity index (χ1n) is 16.7. The first-order chi connectivity index (χ1) is 20.3. The average molecular weight is 587 g/mol. The van der Waals surface area contributed by atoms with Gasteiger partial charge in [-0.25, -0.2) is 0 Å². The maximum absolute atomic E-state index is 12.8. The highest BCUT2D eigenvalue weighted by atomic mass is 16.2. The van der Waals surface area contributed by atoms with Gasteiger partial charge < -0.3 is 21.3 Å². The third kappa shape index (κ3) is 17.1. The highest BCUT2D eigenvalue weighted by Crippen LogP contribution is 2.34. The highest BCUT2D eigenvalue weighted by molar-refractivity contribution is 6.06. The monoisotopic (exact) mass is 586 g/mol. The molecular weight excluding hydrogens is 528 g/mol. The van der Waals surface area contributed by atoms with Crippen molar-refractivity contribution in [2.75, 3.05) is 21.3 Å². The minimum Gasteiger partial charge on any atom is -0.324 e. The van der Waals surface area contributed by atoms with E-state index in [0.29, 0.717) is 48.4 Å². The number of hydrogen-bond acceptors (Lipinski definition) is 4. The van der Waals surface area contributed by atoms with Gasteiger partial charge in [0.05, 0.1) is 22.7 Å². The van der Waals surface area contributed by atoms with Crippen molar-refractivity contribution in [3.63, 3.8) is 0 Å².